The number of rotatable bonds is 5. The van der Waals surface area contributed by atoms with Crippen LogP contribution in [0.25, 0.3) is 5.69 Å². The average Bonchev–Trinajstić information content (AvgIpc) is 2.84. The summed E-state index contributed by atoms with van der Waals surface area (Å²) in [7, 11) is 0. The van der Waals surface area contributed by atoms with Gasteiger partial charge in [0.05, 0.1) is 16.9 Å². The number of carbonyl (C=O) groups is 2. The first-order valence-corrected chi connectivity index (χ1v) is 9.63. The lowest BCUT2D eigenvalue weighted by Gasteiger charge is -2.16. The number of ether oxygens (including phenoxy) is 1. The molecule has 1 amide bonds. The number of esters is 1. The molecule has 1 aromatic heterocycles. The highest BCUT2D eigenvalue weighted by Gasteiger charge is 2.16. The molecule has 1 saturated carbocycles. The molecule has 6 nitrogen and oxygen atoms in total. The fraction of sp³-hybridized carbons (Fsp3) is 0.476. The molecule has 1 fully saturated rings. The number of benzene rings is 1. The molecule has 0 spiro atoms. The van der Waals surface area contributed by atoms with E-state index < -0.39 is 5.97 Å². The summed E-state index contributed by atoms with van der Waals surface area (Å²) < 4.78 is 6.99. The zero-order chi connectivity index (χ0) is 19.2. The van der Waals surface area contributed by atoms with Crippen LogP contribution in [0.3, 0.4) is 0 Å². The number of hydrogen-bond acceptors (Lipinski definition) is 4. The molecular weight excluding hydrogens is 342 g/mol. The summed E-state index contributed by atoms with van der Waals surface area (Å²) in [6.07, 6.45) is 6.77. The van der Waals surface area contributed by atoms with Gasteiger partial charge in [0.2, 0.25) is 0 Å². The van der Waals surface area contributed by atoms with E-state index in [0.29, 0.717) is 5.56 Å². The van der Waals surface area contributed by atoms with E-state index in [2.05, 4.69) is 10.4 Å². The monoisotopic (exact) mass is 369 g/mol. The lowest BCUT2D eigenvalue weighted by atomic mass is 10.1. The van der Waals surface area contributed by atoms with Gasteiger partial charge in [0.1, 0.15) is 0 Å². The van der Waals surface area contributed by atoms with Gasteiger partial charge in [0, 0.05) is 11.7 Å². The van der Waals surface area contributed by atoms with Crippen LogP contribution in [0.4, 0.5) is 0 Å². The molecule has 1 aliphatic carbocycles. The Morgan fingerprint density at radius 3 is 2.37 bits per heavy atom. The number of nitrogens with one attached hydrogen (secondary N) is 1. The van der Waals surface area contributed by atoms with Gasteiger partial charge in [-0.3, -0.25) is 4.79 Å². The van der Waals surface area contributed by atoms with Crippen LogP contribution in [-0.2, 0) is 9.53 Å². The Balaban J connectivity index is 1.52. The molecule has 0 aliphatic heterocycles. The zero-order valence-electron chi connectivity index (χ0n) is 16.0. The predicted molar refractivity (Wildman–Crippen MR) is 103 cm³/mol. The van der Waals surface area contributed by atoms with Crippen LogP contribution in [0.15, 0.2) is 30.3 Å². The summed E-state index contributed by atoms with van der Waals surface area (Å²) in [6.45, 7) is 3.68. The van der Waals surface area contributed by atoms with Crippen molar-refractivity contribution in [3.8, 4) is 5.69 Å². The molecule has 3 rings (SSSR count). The SMILES string of the molecule is Cc1cc(C)n(-c2ccc(C(=O)OCC(=O)NC3CCCCCC3)cc2)n1. The van der Waals surface area contributed by atoms with Crippen LogP contribution >= 0.6 is 0 Å². The average molecular weight is 369 g/mol. The van der Waals surface area contributed by atoms with Crippen LogP contribution in [-0.4, -0.2) is 34.3 Å². The van der Waals surface area contributed by atoms with Crippen LogP contribution in [0.2, 0.25) is 0 Å². The van der Waals surface area contributed by atoms with Gasteiger partial charge in [-0.15, -0.1) is 0 Å². The van der Waals surface area contributed by atoms with E-state index in [4.69, 9.17) is 4.74 Å². The number of aromatic nitrogens is 2. The van der Waals surface area contributed by atoms with Gasteiger partial charge in [0.15, 0.2) is 6.61 Å². The van der Waals surface area contributed by atoms with Crippen LogP contribution in [0.1, 0.15) is 60.3 Å². The van der Waals surface area contributed by atoms with Gasteiger partial charge in [-0.05, 0) is 57.0 Å². The van der Waals surface area contributed by atoms with Crippen molar-refractivity contribution in [1.82, 2.24) is 15.1 Å². The molecule has 0 radical (unpaired) electrons. The molecular formula is C21H27N3O3. The minimum atomic E-state index is -0.495. The summed E-state index contributed by atoms with van der Waals surface area (Å²) in [4.78, 5) is 24.2. The van der Waals surface area contributed by atoms with Gasteiger partial charge in [-0.1, -0.05) is 25.7 Å². The Bertz CT molecular complexity index is 788. The van der Waals surface area contributed by atoms with E-state index in [9.17, 15) is 9.59 Å². The Morgan fingerprint density at radius 1 is 1.11 bits per heavy atom. The predicted octanol–water partition coefficient (Wildman–Crippen LogP) is 3.48. The molecule has 27 heavy (non-hydrogen) atoms. The van der Waals surface area contributed by atoms with E-state index in [-0.39, 0.29) is 18.6 Å². The number of carbonyl (C=O) groups excluding carboxylic acids is 2. The second kappa shape index (κ2) is 8.84. The first-order chi connectivity index (χ1) is 13.0. The van der Waals surface area contributed by atoms with Crippen molar-refractivity contribution in [2.24, 2.45) is 0 Å². The maximum Gasteiger partial charge on any atom is 0.338 e. The molecule has 1 N–H and O–H groups in total. The number of hydrogen-bond donors (Lipinski definition) is 1. The fourth-order valence-electron chi connectivity index (χ4n) is 3.54. The van der Waals surface area contributed by atoms with Gasteiger partial charge < -0.3 is 10.1 Å². The molecule has 144 valence electrons. The van der Waals surface area contributed by atoms with Crippen molar-refractivity contribution in [3.63, 3.8) is 0 Å². The van der Waals surface area contributed by atoms with E-state index in [1.54, 1.807) is 12.1 Å². The maximum absolute atomic E-state index is 12.2. The second-order valence-corrected chi connectivity index (χ2v) is 7.22. The highest BCUT2D eigenvalue weighted by molar-refractivity contribution is 5.91. The maximum atomic E-state index is 12.2. The molecule has 0 unspecified atom stereocenters. The topological polar surface area (TPSA) is 73.2 Å². The molecule has 1 aliphatic rings. The number of amides is 1. The molecule has 0 atom stereocenters. The van der Waals surface area contributed by atoms with Crippen molar-refractivity contribution in [2.75, 3.05) is 6.61 Å². The quantitative estimate of drug-likeness (QED) is 0.647. The largest absolute Gasteiger partial charge is 0.452 e. The van der Waals surface area contributed by atoms with Crippen LogP contribution < -0.4 is 5.32 Å². The fourth-order valence-corrected chi connectivity index (χ4v) is 3.54. The number of aryl methyl sites for hydroxylation is 2. The van der Waals surface area contributed by atoms with Crippen molar-refractivity contribution in [2.45, 2.75) is 58.4 Å². The smallest absolute Gasteiger partial charge is 0.338 e. The van der Waals surface area contributed by atoms with Gasteiger partial charge in [0.25, 0.3) is 5.91 Å². The van der Waals surface area contributed by atoms with E-state index in [1.807, 2.05) is 36.7 Å². The van der Waals surface area contributed by atoms with E-state index >= 15 is 0 Å². The normalized spacial score (nSPS) is 15.2. The highest BCUT2D eigenvalue weighted by atomic mass is 16.5. The summed E-state index contributed by atoms with van der Waals surface area (Å²) in [5.74, 6) is -0.722. The molecule has 0 bridgehead atoms. The Kier molecular flexibility index (Phi) is 6.27. The van der Waals surface area contributed by atoms with Crippen molar-refractivity contribution >= 4 is 11.9 Å². The summed E-state index contributed by atoms with van der Waals surface area (Å²) >= 11 is 0. The third-order valence-corrected chi connectivity index (χ3v) is 4.91. The van der Waals surface area contributed by atoms with Gasteiger partial charge in [-0.2, -0.15) is 5.10 Å². The minimum absolute atomic E-state index is 0.207. The molecule has 0 saturated heterocycles. The van der Waals surface area contributed by atoms with Crippen LogP contribution in [0, 0.1) is 13.8 Å². The van der Waals surface area contributed by atoms with Crippen molar-refractivity contribution in [1.29, 1.82) is 0 Å². The first-order valence-electron chi connectivity index (χ1n) is 9.63. The molecule has 1 aromatic carbocycles. The molecule has 2 aromatic rings. The summed E-state index contributed by atoms with van der Waals surface area (Å²) in [6, 6.07) is 9.23. The van der Waals surface area contributed by atoms with E-state index in [1.165, 1.54) is 12.8 Å². The summed E-state index contributed by atoms with van der Waals surface area (Å²) in [5, 5.41) is 7.40. The van der Waals surface area contributed by atoms with Gasteiger partial charge >= 0.3 is 5.97 Å². The third kappa shape index (κ3) is 5.18. The molecule has 1 heterocycles. The third-order valence-electron chi connectivity index (χ3n) is 4.91. The highest BCUT2D eigenvalue weighted by Crippen LogP contribution is 2.17. The Labute approximate surface area is 159 Å². The first kappa shape index (κ1) is 19.1. The standard InChI is InChI=1S/C21H27N3O3/c1-15-13-16(2)24(23-15)19-11-9-17(10-12-19)21(26)27-14-20(25)22-18-7-5-3-4-6-8-18/h9-13,18H,3-8,14H2,1-2H3,(H,22,25). The van der Waals surface area contributed by atoms with Crippen molar-refractivity contribution < 1.29 is 14.3 Å². The molecule has 6 heteroatoms. The Morgan fingerprint density at radius 2 is 1.78 bits per heavy atom. The summed E-state index contributed by atoms with van der Waals surface area (Å²) in [5.41, 5.74) is 3.26. The van der Waals surface area contributed by atoms with Gasteiger partial charge in [-0.25, -0.2) is 9.48 Å². The number of nitrogens with zero attached hydrogens (tertiary/aromatic N) is 2. The van der Waals surface area contributed by atoms with E-state index in [0.717, 1.165) is 42.8 Å². The van der Waals surface area contributed by atoms with Crippen molar-refractivity contribution in [3.05, 3.63) is 47.3 Å². The Hall–Kier alpha value is -2.63. The lowest BCUT2D eigenvalue weighted by Crippen LogP contribution is -2.37. The lowest BCUT2D eigenvalue weighted by molar-refractivity contribution is -0.125. The van der Waals surface area contributed by atoms with Crippen LogP contribution in [0.5, 0.6) is 0 Å². The zero-order valence-corrected chi connectivity index (χ0v) is 16.0. The minimum Gasteiger partial charge on any atom is -0.452 e. The second-order valence-electron chi connectivity index (χ2n) is 7.22.